The molecule has 0 spiro atoms. The van der Waals surface area contributed by atoms with Crippen LogP contribution < -0.4 is 20.1 Å². The average molecular weight is 403 g/mol. The minimum atomic E-state index is -0.869. The highest BCUT2D eigenvalue weighted by atomic mass is 16.6. The van der Waals surface area contributed by atoms with E-state index in [1.165, 1.54) is 0 Å². The highest BCUT2D eigenvalue weighted by Gasteiger charge is 2.50. The summed E-state index contributed by atoms with van der Waals surface area (Å²) in [6.07, 6.45) is 3.32. The normalized spacial score (nSPS) is 17.2. The van der Waals surface area contributed by atoms with Gasteiger partial charge in [-0.25, -0.2) is 4.79 Å². The van der Waals surface area contributed by atoms with Gasteiger partial charge in [-0.2, -0.15) is 0 Å². The number of rotatable bonds is 9. The Bertz CT molecular complexity index is 774. The fraction of sp³-hybridized carbons (Fsp3) is 0.571. The van der Waals surface area contributed by atoms with Gasteiger partial charge < -0.3 is 20.1 Å². The highest BCUT2D eigenvalue weighted by Crippen LogP contribution is 2.31. The Hall–Kier alpha value is -2.77. The van der Waals surface area contributed by atoms with Gasteiger partial charge in [0.25, 0.3) is 5.91 Å². The molecule has 2 aliphatic heterocycles. The van der Waals surface area contributed by atoms with E-state index < -0.39 is 11.6 Å². The maximum absolute atomic E-state index is 12.8. The number of nitrogens with zero attached hydrogens (tertiary/aromatic N) is 1. The first kappa shape index (κ1) is 21.0. The van der Waals surface area contributed by atoms with Gasteiger partial charge >= 0.3 is 6.03 Å². The summed E-state index contributed by atoms with van der Waals surface area (Å²) in [7, 11) is 0. The summed E-state index contributed by atoms with van der Waals surface area (Å²) in [6.45, 7) is 5.16. The second-order valence-electron chi connectivity index (χ2n) is 7.48. The SMILES string of the molecule is CCCC1(CCC)NC(=O)N(CC(=O)NCCc2ccc3c(c2)OCCO3)C1=O. The van der Waals surface area contributed by atoms with Gasteiger partial charge in [0.05, 0.1) is 0 Å². The summed E-state index contributed by atoms with van der Waals surface area (Å²) in [6, 6.07) is 5.21. The van der Waals surface area contributed by atoms with Crippen molar-refractivity contribution in [2.24, 2.45) is 0 Å². The lowest BCUT2D eigenvalue weighted by Crippen LogP contribution is -2.47. The van der Waals surface area contributed by atoms with E-state index in [2.05, 4.69) is 10.6 Å². The Morgan fingerprint density at radius 3 is 2.52 bits per heavy atom. The van der Waals surface area contributed by atoms with E-state index in [9.17, 15) is 14.4 Å². The maximum Gasteiger partial charge on any atom is 0.325 e. The van der Waals surface area contributed by atoms with E-state index in [0.717, 1.165) is 29.1 Å². The van der Waals surface area contributed by atoms with Gasteiger partial charge in [0.15, 0.2) is 11.5 Å². The smallest absolute Gasteiger partial charge is 0.325 e. The average Bonchev–Trinajstić information content (AvgIpc) is 2.92. The number of hydrogen-bond donors (Lipinski definition) is 2. The molecule has 0 bridgehead atoms. The summed E-state index contributed by atoms with van der Waals surface area (Å²) < 4.78 is 11.1. The minimum absolute atomic E-state index is 0.263. The van der Waals surface area contributed by atoms with Crippen molar-refractivity contribution in [3.8, 4) is 11.5 Å². The van der Waals surface area contributed by atoms with Gasteiger partial charge in [-0.05, 0) is 37.0 Å². The van der Waals surface area contributed by atoms with Gasteiger partial charge in [-0.15, -0.1) is 0 Å². The predicted molar refractivity (Wildman–Crippen MR) is 107 cm³/mol. The van der Waals surface area contributed by atoms with Crippen LogP contribution in [0.15, 0.2) is 18.2 Å². The van der Waals surface area contributed by atoms with Crippen molar-refractivity contribution in [1.29, 1.82) is 0 Å². The molecular formula is C21H29N3O5. The molecule has 0 atom stereocenters. The quantitative estimate of drug-likeness (QED) is 0.615. The molecule has 2 heterocycles. The highest BCUT2D eigenvalue weighted by molar-refractivity contribution is 6.09. The van der Waals surface area contributed by atoms with Crippen molar-refractivity contribution in [3.63, 3.8) is 0 Å². The number of hydrogen-bond acceptors (Lipinski definition) is 5. The second kappa shape index (κ2) is 9.15. The standard InChI is InChI=1S/C21H29N3O5/c1-3-8-21(9-4-2)19(26)24(20(27)23-21)14-18(25)22-10-7-15-5-6-16-17(13-15)29-12-11-28-16/h5-6,13H,3-4,7-12,14H2,1-2H3,(H,22,25)(H,23,27). The first-order chi connectivity index (χ1) is 14.0. The number of nitrogens with one attached hydrogen (secondary N) is 2. The topological polar surface area (TPSA) is 97.0 Å². The fourth-order valence-corrected chi connectivity index (χ4v) is 3.93. The largest absolute Gasteiger partial charge is 0.486 e. The van der Waals surface area contributed by atoms with E-state index in [1.807, 2.05) is 32.0 Å². The zero-order valence-electron chi connectivity index (χ0n) is 17.1. The maximum atomic E-state index is 12.8. The molecule has 0 aromatic heterocycles. The minimum Gasteiger partial charge on any atom is -0.486 e. The zero-order chi connectivity index (χ0) is 20.9. The lowest BCUT2D eigenvalue weighted by Gasteiger charge is -2.25. The van der Waals surface area contributed by atoms with Gasteiger partial charge in [0.2, 0.25) is 5.91 Å². The van der Waals surface area contributed by atoms with Crippen LogP contribution in [0.5, 0.6) is 11.5 Å². The van der Waals surface area contributed by atoms with Crippen LogP contribution in [-0.2, 0) is 16.0 Å². The Balaban J connectivity index is 1.51. The first-order valence-electron chi connectivity index (χ1n) is 10.3. The molecule has 1 aromatic rings. The monoisotopic (exact) mass is 403 g/mol. The Labute approximate surface area is 170 Å². The van der Waals surface area contributed by atoms with Crippen molar-refractivity contribution in [2.75, 3.05) is 26.3 Å². The molecule has 0 unspecified atom stereocenters. The van der Waals surface area contributed by atoms with E-state index >= 15 is 0 Å². The summed E-state index contributed by atoms with van der Waals surface area (Å²) >= 11 is 0. The summed E-state index contributed by atoms with van der Waals surface area (Å²) in [5.74, 6) is 0.788. The molecular weight excluding hydrogens is 374 g/mol. The van der Waals surface area contributed by atoms with E-state index in [4.69, 9.17) is 9.47 Å². The number of carbonyl (C=O) groups is 3. The van der Waals surface area contributed by atoms with Crippen LogP contribution in [0.3, 0.4) is 0 Å². The number of carbonyl (C=O) groups excluding carboxylic acids is 3. The van der Waals surface area contributed by atoms with Crippen molar-refractivity contribution in [1.82, 2.24) is 15.5 Å². The summed E-state index contributed by atoms with van der Waals surface area (Å²) in [4.78, 5) is 38.5. The third-order valence-electron chi connectivity index (χ3n) is 5.24. The van der Waals surface area contributed by atoms with Crippen LogP contribution in [0.2, 0.25) is 0 Å². The lowest BCUT2D eigenvalue weighted by molar-refractivity contribution is -0.135. The lowest BCUT2D eigenvalue weighted by atomic mass is 9.88. The number of fused-ring (bicyclic) bond motifs is 1. The van der Waals surface area contributed by atoms with Crippen LogP contribution >= 0.6 is 0 Å². The van der Waals surface area contributed by atoms with Crippen LogP contribution in [0.4, 0.5) is 4.79 Å². The van der Waals surface area contributed by atoms with Gasteiger partial charge in [0.1, 0.15) is 25.3 Å². The molecule has 1 fully saturated rings. The van der Waals surface area contributed by atoms with E-state index in [-0.39, 0.29) is 18.4 Å². The number of benzene rings is 1. The second-order valence-corrected chi connectivity index (χ2v) is 7.48. The fourth-order valence-electron chi connectivity index (χ4n) is 3.93. The van der Waals surface area contributed by atoms with Gasteiger partial charge in [-0.3, -0.25) is 14.5 Å². The molecule has 2 N–H and O–H groups in total. The van der Waals surface area contributed by atoms with E-state index in [1.54, 1.807) is 0 Å². The molecule has 29 heavy (non-hydrogen) atoms. The third kappa shape index (κ3) is 4.63. The Morgan fingerprint density at radius 2 is 1.83 bits per heavy atom. The number of imide groups is 1. The molecule has 158 valence electrons. The Morgan fingerprint density at radius 1 is 1.14 bits per heavy atom. The van der Waals surface area contributed by atoms with Crippen LogP contribution in [0.25, 0.3) is 0 Å². The molecule has 0 saturated carbocycles. The first-order valence-corrected chi connectivity index (χ1v) is 10.3. The van der Waals surface area contributed by atoms with Crippen LogP contribution in [0, 0.1) is 0 Å². The summed E-state index contributed by atoms with van der Waals surface area (Å²) in [5, 5.41) is 5.60. The molecule has 8 nitrogen and oxygen atoms in total. The molecule has 1 aromatic carbocycles. The number of ether oxygens (including phenoxy) is 2. The number of amides is 4. The van der Waals surface area contributed by atoms with Gasteiger partial charge in [0, 0.05) is 6.54 Å². The number of urea groups is 1. The van der Waals surface area contributed by atoms with Crippen molar-refractivity contribution in [2.45, 2.75) is 51.5 Å². The van der Waals surface area contributed by atoms with Crippen LogP contribution in [-0.4, -0.2) is 54.6 Å². The van der Waals surface area contributed by atoms with Crippen molar-refractivity contribution >= 4 is 17.8 Å². The summed E-state index contributed by atoms with van der Waals surface area (Å²) in [5.41, 5.74) is 0.140. The van der Waals surface area contributed by atoms with Crippen molar-refractivity contribution < 1.29 is 23.9 Å². The third-order valence-corrected chi connectivity index (χ3v) is 5.24. The Kier molecular flexibility index (Phi) is 6.61. The van der Waals surface area contributed by atoms with E-state index in [0.29, 0.717) is 44.8 Å². The predicted octanol–water partition coefficient (Wildman–Crippen LogP) is 2.01. The van der Waals surface area contributed by atoms with Crippen LogP contribution in [0.1, 0.15) is 45.1 Å². The molecule has 0 radical (unpaired) electrons. The molecule has 2 aliphatic rings. The van der Waals surface area contributed by atoms with Crippen molar-refractivity contribution in [3.05, 3.63) is 23.8 Å². The van der Waals surface area contributed by atoms with Gasteiger partial charge in [-0.1, -0.05) is 32.8 Å². The molecule has 1 saturated heterocycles. The molecule has 8 heteroatoms. The zero-order valence-corrected chi connectivity index (χ0v) is 17.1. The molecule has 3 rings (SSSR count). The molecule has 0 aliphatic carbocycles. The molecule has 4 amide bonds.